The minimum Gasteiger partial charge on any atom is -0.239 e. The molecule has 1 aliphatic carbocycles. The van der Waals surface area contributed by atoms with Gasteiger partial charge < -0.3 is 0 Å². The summed E-state index contributed by atoms with van der Waals surface area (Å²) in [4.78, 5) is 0. The number of rotatable bonds is 5. The Morgan fingerprint density at radius 1 is 1.36 bits per heavy atom. The molecule has 0 heterocycles. The SMILES string of the molecule is C=CC(F)(CCCC)C1CCCCC1. The van der Waals surface area contributed by atoms with Crippen LogP contribution in [0.15, 0.2) is 12.7 Å². The van der Waals surface area contributed by atoms with Crippen LogP contribution in [-0.4, -0.2) is 5.67 Å². The molecule has 0 saturated heterocycles. The predicted octanol–water partition coefficient (Wildman–Crippen LogP) is 4.65. The molecule has 0 N–H and O–H groups in total. The fourth-order valence-corrected chi connectivity index (χ4v) is 2.50. The third-order valence-corrected chi connectivity index (χ3v) is 3.54. The van der Waals surface area contributed by atoms with Crippen molar-refractivity contribution in [1.82, 2.24) is 0 Å². The quantitative estimate of drug-likeness (QED) is 0.564. The first kappa shape index (κ1) is 11.7. The number of hydrogen-bond donors (Lipinski definition) is 0. The first-order valence-electron chi connectivity index (χ1n) is 6.05. The summed E-state index contributed by atoms with van der Waals surface area (Å²) in [5, 5.41) is 0. The summed E-state index contributed by atoms with van der Waals surface area (Å²) in [7, 11) is 0. The first-order chi connectivity index (χ1) is 6.73. The lowest BCUT2D eigenvalue weighted by atomic mass is 9.76. The maximum atomic E-state index is 14.5. The normalized spacial score (nSPS) is 23.0. The zero-order valence-corrected chi connectivity index (χ0v) is 9.40. The highest BCUT2D eigenvalue weighted by Gasteiger charge is 2.35. The minimum absolute atomic E-state index is 0.250. The predicted molar refractivity (Wildman–Crippen MR) is 60.1 cm³/mol. The molecule has 14 heavy (non-hydrogen) atoms. The van der Waals surface area contributed by atoms with Gasteiger partial charge in [-0.3, -0.25) is 0 Å². The van der Waals surface area contributed by atoms with Crippen LogP contribution >= 0.6 is 0 Å². The van der Waals surface area contributed by atoms with E-state index in [9.17, 15) is 4.39 Å². The highest BCUT2D eigenvalue weighted by molar-refractivity contribution is 5.01. The van der Waals surface area contributed by atoms with E-state index in [4.69, 9.17) is 0 Å². The van der Waals surface area contributed by atoms with Crippen molar-refractivity contribution in [1.29, 1.82) is 0 Å². The van der Waals surface area contributed by atoms with Crippen molar-refractivity contribution in [2.24, 2.45) is 5.92 Å². The summed E-state index contributed by atoms with van der Waals surface area (Å²) in [6, 6.07) is 0. The molecule has 1 unspecified atom stereocenters. The Morgan fingerprint density at radius 3 is 2.50 bits per heavy atom. The van der Waals surface area contributed by atoms with Gasteiger partial charge in [-0.05, 0) is 25.2 Å². The molecule has 0 bridgehead atoms. The van der Waals surface area contributed by atoms with Crippen molar-refractivity contribution >= 4 is 0 Å². The molecule has 0 aromatic heterocycles. The summed E-state index contributed by atoms with van der Waals surface area (Å²) in [5.41, 5.74) is -1.07. The second-order valence-corrected chi connectivity index (χ2v) is 4.57. The maximum Gasteiger partial charge on any atom is 0.131 e. The van der Waals surface area contributed by atoms with Gasteiger partial charge >= 0.3 is 0 Å². The van der Waals surface area contributed by atoms with Gasteiger partial charge in [0.2, 0.25) is 0 Å². The fourth-order valence-electron chi connectivity index (χ4n) is 2.50. The maximum absolute atomic E-state index is 14.5. The van der Waals surface area contributed by atoms with Crippen LogP contribution in [0.2, 0.25) is 0 Å². The molecule has 0 aliphatic heterocycles. The highest BCUT2D eigenvalue weighted by atomic mass is 19.1. The molecule has 0 nitrogen and oxygen atoms in total. The van der Waals surface area contributed by atoms with Gasteiger partial charge in [0, 0.05) is 0 Å². The molecule has 0 radical (unpaired) electrons. The van der Waals surface area contributed by atoms with E-state index in [-0.39, 0.29) is 5.92 Å². The molecule has 0 aromatic rings. The highest BCUT2D eigenvalue weighted by Crippen LogP contribution is 2.39. The summed E-state index contributed by atoms with van der Waals surface area (Å²) in [6.45, 7) is 5.80. The summed E-state index contributed by atoms with van der Waals surface area (Å²) in [6.07, 6.45) is 10.1. The Hall–Kier alpha value is -0.330. The zero-order valence-electron chi connectivity index (χ0n) is 9.40. The largest absolute Gasteiger partial charge is 0.239 e. The van der Waals surface area contributed by atoms with Crippen molar-refractivity contribution in [2.75, 3.05) is 0 Å². The van der Waals surface area contributed by atoms with Gasteiger partial charge in [0.15, 0.2) is 0 Å². The monoisotopic (exact) mass is 198 g/mol. The summed E-state index contributed by atoms with van der Waals surface area (Å²) < 4.78 is 14.5. The molecule has 0 spiro atoms. The first-order valence-corrected chi connectivity index (χ1v) is 6.05. The second-order valence-electron chi connectivity index (χ2n) is 4.57. The van der Waals surface area contributed by atoms with Gasteiger partial charge in [0.1, 0.15) is 5.67 Å². The minimum atomic E-state index is -1.07. The molecule has 0 amide bonds. The summed E-state index contributed by atoms with van der Waals surface area (Å²) >= 11 is 0. The van der Waals surface area contributed by atoms with Crippen LogP contribution in [-0.2, 0) is 0 Å². The topological polar surface area (TPSA) is 0 Å². The van der Waals surface area contributed by atoms with Gasteiger partial charge in [-0.15, -0.1) is 0 Å². The Labute approximate surface area is 87.6 Å². The molecular formula is C13H23F. The molecule has 82 valence electrons. The molecule has 0 aromatic carbocycles. The van der Waals surface area contributed by atoms with Gasteiger partial charge in [0.05, 0.1) is 0 Å². The van der Waals surface area contributed by atoms with E-state index >= 15 is 0 Å². The van der Waals surface area contributed by atoms with Crippen molar-refractivity contribution in [3.63, 3.8) is 0 Å². The number of allylic oxidation sites excluding steroid dienone is 1. The smallest absolute Gasteiger partial charge is 0.131 e. The van der Waals surface area contributed by atoms with E-state index < -0.39 is 5.67 Å². The number of unbranched alkanes of at least 4 members (excludes halogenated alkanes) is 1. The molecule has 1 aliphatic rings. The lowest BCUT2D eigenvalue weighted by molar-refractivity contribution is 0.0927. The van der Waals surface area contributed by atoms with Crippen LogP contribution in [0.1, 0.15) is 58.3 Å². The van der Waals surface area contributed by atoms with Crippen molar-refractivity contribution in [3.05, 3.63) is 12.7 Å². The van der Waals surface area contributed by atoms with Crippen LogP contribution in [0.4, 0.5) is 4.39 Å². The van der Waals surface area contributed by atoms with E-state index in [1.165, 1.54) is 19.3 Å². The van der Waals surface area contributed by atoms with Crippen LogP contribution in [0.5, 0.6) is 0 Å². The Balaban J connectivity index is 2.52. The third-order valence-electron chi connectivity index (χ3n) is 3.54. The Bertz CT molecular complexity index is 170. The van der Waals surface area contributed by atoms with Crippen LogP contribution in [0.25, 0.3) is 0 Å². The van der Waals surface area contributed by atoms with Crippen molar-refractivity contribution < 1.29 is 4.39 Å². The van der Waals surface area contributed by atoms with E-state index in [2.05, 4.69) is 13.5 Å². The van der Waals surface area contributed by atoms with Crippen molar-refractivity contribution in [3.8, 4) is 0 Å². The van der Waals surface area contributed by atoms with Crippen molar-refractivity contribution in [2.45, 2.75) is 64.0 Å². The van der Waals surface area contributed by atoms with E-state index in [1.54, 1.807) is 6.08 Å². The molecule has 1 rings (SSSR count). The van der Waals surface area contributed by atoms with E-state index in [1.807, 2.05) is 0 Å². The molecule has 1 heteroatoms. The lowest BCUT2D eigenvalue weighted by Gasteiger charge is -2.34. The molecule has 1 atom stereocenters. The number of hydrogen-bond acceptors (Lipinski definition) is 0. The zero-order chi connectivity index (χ0) is 10.4. The number of halogens is 1. The van der Waals surface area contributed by atoms with E-state index in [0.717, 1.165) is 25.7 Å². The molecule has 1 fully saturated rings. The van der Waals surface area contributed by atoms with Crippen LogP contribution in [0, 0.1) is 5.92 Å². The van der Waals surface area contributed by atoms with Gasteiger partial charge in [-0.1, -0.05) is 51.7 Å². The van der Waals surface area contributed by atoms with Gasteiger partial charge in [-0.25, -0.2) is 4.39 Å². The number of alkyl halides is 1. The fraction of sp³-hybridized carbons (Fsp3) is 0.846. The molecular weight excluding hydrogens is 175 g/mol. The lowest BCUT2D eigenvalue weighted by Crippen LogP contribution is -2.32. The standard InChI is InChI=1S/C13H23F/c1-3-5-11-13(14,4-2)12-9-7-6-8-10-12/h4,12H,2-3,5-11H2,1H3. The van der Waals surface area contributed by atoms with Gasteiger partial charge in [0.25, 0.3) is 0 Å². The molecule has 1 saturated carbocycles. The van der Waals surface area contributed by atoms with E-state index in [0.29, 0.717) is 6.42 Å². The van der Waals surface area contributed by atoms with Crippen LogP contribution in [0.3, 0.4) is 0 Å². The average Bonchev–Trinajstić information content (AvgIpc) is 2.27. The average molecular weight is 198 g/mol. The van der Waals surface area contributed by atoms with Gasteiger partial charge in [-0.2, -0.15) is 0 Å². The Morgan fingerprint density at radius 2 is 2.00 bits per heavy atom. The second kappa shape index (κ2) is 5.53. The summed E-state index contributed by atoms with van der Waals surface area (Å²) in [5.74, 6) is 0.250. The Kier molecular flexibility index (Phi) is 4.64. The van der Waals surface area contributed by atoms with Crippen LogP contribution < -0.4 is 0 Å². The third kappa shape index (κ3) is 2.83.